The van der Waals surface area contributed by atoms with Gasteiger partial charge in [0, 0.05) is 12.8 Å². The van der Waals surface area contributed by atoms with Crippen LogP contribution in [-0.4, -0.2) is 11.5 Å². The van der Waals surface area contributed by atoms with Crippen LogP contribution in [0.3, 0.4) is 0 Å². The molecule has 1 amide bonds. The number of amides is 1. The van der Waals surface area contributed by atoms with Gasteiger partial charge in [-0.05, 0) is 33.6 Å². The van der Waals surface area contributed by atoms with Crippen LogP contribution in [0, 0.1) is 12.3 Å². The average Bonchev–Trinajstić information content (AvgIpc) is 2.08. The van der Waals surface area contributed by atoms with Gasteiger partial charge < -0.3 is 0 Å². The van der Waals surface area contributed by atoms with Crippen LogP contribution < -0.4 is 5.48 Å². The number of terminal acetylenes is 1. The van der Waals surface area contributed by atoms with Gasteiger partial charge in [-0.1, -0.05) is 0 Å². The molecule has 0 bridgehead atoms. The zero-order valence-corrected chi connectivity index (χ0v) is 9.22. The summed E-state index contributed by atoms with van der Waals surface area (Å²) in [6.45, 7) is 5.64. The Labute approximate surface area is 86.2 Å². The predicted octanol–water partition coefficient (Wildman–Crippen LogP) is 2.03. The van der Waals surface area contributed by atoms with Gasteiger partial charge in [0.05, 0.1) is 5.60 Å². The molecule has 0 fully saturated rings. The van der Waals surface area contributed by atoms with E-state index in [9.17, 15) is 4.79 Å². The van der Waals surface area contributed by atoms with Gasteiger partial charge in [0.1, 0.15) is 0 Å². The smallest absolute Gasteiger partial charge is 0.243 e. The van der Waals surface area contributed by atoms with Crippen LogP contribution in [0.15, 0.2) is 0 Å². The van der Waals surface area contributed by atoms with Crippen molar-refractivity contribution in [2.24, 2.45) is 0 Å². The summed E-state index contributed by atoms with van der Waals surface area (Å²) in [5, 5.41) is 0. The quantitative estimate of drug-likeness (QED) is 0.416. The van der Waals surface area contributed by atoms with E-state index >= 15 is 0 Å². The summed E-state index contributed by atoms with van der Waals surface area (Å²) in [4.78, 5) is 16.3. The fraction of sp³-hybridized carbons (Fsp3) is 0.727. The number of unbranched alkanes of at least 4 members (excludes halogenated alkanes) is 2. The van der Waals surface area contributed by atoms with Crippen LogP contribution in [-0.2, 0) is 9.63 Å². The van der Waals surface area contributed by atoms with Gasteiger partial charge in [-0.2, -0.15) is 0 Å². The molecule has 0 aromatic rings. The molecule has 0 atom stereocenters. The van der Waals surface area contributed by atoms with E-state index in [0.29, 0.717) is 6.42 Å². The second-order valence-electron chi connectivity index (χ2n) is 4.15. The maximum atomic E-state index is 11.2. The Hall–Kier alpha value is -1.01. The molecule has 3 nitrogen and oxygen atoms in total. The van der Waals surface area contributed by atoms with E-state index in [1.165, 1.54) is 0 Å². The van der Waals surface area contributed by atoms with E-state index in [0.717, 1.165) is 19.3 Å². The highest BCUT2D eigenvalue weighted by Crippen LogP contribution is 2.04. The van der Waals surface area contributed by atoms with Gasteiger partial charge in [-0.25, -0.2) is 5.48 Å². The Balaban J connectivity index is 3.43. The number of rotatable bonds is 5. The molecule has 3 heteroatoms. The summed E-state index contributed by atoms with van der Waals surface area (Å²) in [7, 11) is 0. The highest BCUT2D eigenvalue weighted by Gasteiger charge is 2.12. The number of hydrogen-bond donors (Lipinski definition) is 1. The molecule has 0 radical (unpaired) electrons. The Morgan fingerprint density at radius 2 is 2.07 bits per heavy atom. The van der Waals surface area contributed by atoms with Crippen molar-refractivity contribution in [1.29, 1.82) is 0 Å². The SMILES string of the molecule is C#CCCCCC(=O)NOC(C)(C)C. The number of carbonyl (C=O) groups excluding carboxylic acids is 1. The van der Waals surface area contributed by atoms with Crippen molar-refractivity contribution in [3.63, 3.8) is 0 Å². The molecular weight excluding hydrogens is 178 g/mol. The van der Waals surface area contributed by atoms with Gasteiger partial charge in [0.2, 0.25) is 5.91 Å². The third kappa shape index (κ3) is 9.08. The first-order valence-electron chi connectivity index (χ1n) is 4.86. The van der Waals surface area contributed by atoms with E-state index in [1.54, 1.807) is 0 Å². The third-order valence-electron chi connectivity index (χ3n) is 1.45. The molecule has 1 N–H and O–H groups in total. The Morgan fingerprint density at radius 1 is 1.43 bits per heavy atom. The van der Waals surface area contributed by atoms with Gasteiger partial charge in [0.25, 0.3) is 0 Å². The number of nitrogens with one attached hydrogen (secondary N) is 1. The molecule has 0 rings (SSSR count). The number of hydroxylamine groups is 1. The fourth-order valence-corrected chi connectivity index (χ4v) is 0.774. The molecule has 80 valence electrons. The molecule has 0 saturated heterocycles. The lowest BCUT2D eigenvalue weighted by molar-refractivity contribution is -0.145. The maximum absolute atomic E-state index is 11.2. The van der Waals surface area contributed by atoms with E-state index in [2.05, 4.69) is 11.4 Å². The Morgan fingerprint density at radius 3 is 2.57 bits per heavy atom. The normalized spacial score (nSPS) is 10.7. The predicted molar refractivity (Wildman–Crippen MR) is 56.3 cm³/mol. The molecule has 0 aromatic carbocycles. The van der Waals surface area contributed by atoms with Gasteiger partial charge >= 0.3 is 0 Å². The minimum absolute atomic E-state index is 0.0862. The van der Waals surface area contributed by atoms with Crippen molar-refractivity contribution in [3.05, 3.63) is 0 Å². The summed E-state index contributed by atoms with van der Waals surface area (Å²) in [6, 6.07) is 0. The summed E-state index contributed by atoms with van der Waals surface area (Å²) < 4.78 is 0. The molecular formula is C11H19NO2. The first kappa shape index (κ1) is 13.0. The van der Waals surface area contributed by atoms with Crippen molar-refractivity contribution in [3.8, 4) is 12.3 Å². The van der Waals surface area contributed by atoms with Crippen LogP contribution in [0.1, 0.15) is 46.5 Å². The molecule has 14 heavy (non-hydrogen) atoms. The number of hydrogen-bond acceptors (Lipinski definition) is 2. The summed E-state index contributed by atoms with van der Waals surface area (Å²) >= 11 is 0. The fourth-order valence-electron chi connectivity index (χ4n) is 0.774. The first-order valence-corrected chi connectivity index (χ1v) is 4.86. The molecule has 0 unspecified atom stereocenters. The van der Waals surface area contributed by atoms with Crippen LogP contribution in [0.25, 0.3) is 0 Å². The lowest BCUT2D eigenvalue weighted by Gasteiger charge is -2.18. The van der Waals surface area contributed by atoms with Crippen molar-refractivity contribution < 1.29 is 9.63 Å². The summed E-state index contributed by atoms with van der Waals surface area (Å²) in [5.41, 5.74) is 2.07. The average molecular weight is 197 g/mol. The highest BCUT2D eigenvalue weighted by atomic mass is 16.7. The lowest BCUT2D eigenvalue weighted by Crippen LogP contribution is -2.33. The maximum Gasteiger partial charge on any atom is 0.243 e. The van der Waals surface area contributed by atoms with Crippen molar-refractivity contribution in [1.82, 2.24) is 5.48 Å². The molecule has 0 aromatic heterocycles. The van der Waals surface area contributed by atoms with Crippen LogP contribution in [0.2, 0.25) is 0 Å². The zero-order valence-electron chi connectivity index (χ0n) is 9.22. The van der Waals surface area contributed by atoms with E-state index in [4.69, 9.17) is 11.3 Å². The molecule has 0 heterocycles. The van der Waals surface area contributed by atoms with Gasteiger partial charge in [-0.15, -0.1) is 12.3 Å². The van der Waals surface area contributed by atoms with E-state index < -0.39 is 0 Å². The van der Waals surface area contributed by atoms with Crippen molar-refractivity contribution in [2.75, 3.05) is 0 Å². The highest BCUT2D eigenvalue weighted by molar-refractivity contribution is 5.74. The van der Waals surface area contributed by atoms with E-state index in [-0.39, 0.29) is 11.5 Å². The Kier molecular flexibility index (Phi) is 5.98. The standard InChI is InChI=1S/C11H19NO2/c1-5-6-7-8-9-10(13)12-14-11(2,3)4/h1H,6-9H2,2-4H3,(H,12,13). The zero-order chi connectivity index (χ0) is 11.0. The monoisotopic (exact) mass is 197 g/mol. The summed E-state index contributed by atoms with van der Waals surface area (Å²) in [5.74, 6) is 2.45. The van der Waals surface area contributed by atoms with Crippen molar-refractivity contribution in [2.45, 2.75) is 52.1 Å². The first-order chi connectivity index (χ1) is 6.45. The van der Waals surface area contributed by atoms with Gasteiger partial charge in [0.15, 0.2) is 0 Å². The molecule has 0 spiro atoms. The minimum atomic E-state index is -0.339. The molecule has 0 aliphatic heterocycles. The minimum Gasteiger partial charge on any atom is -0.273 e. The van der Waals surface area contributed by atoms with Crippen LogP contribution in [0.4, 0.5) is 0 Å². The molecule has 0 aliphatic carbocycles. The van der Waals surface area contributed by atoms with Crippen LogP contribution in [0.5, 0.6) is 0 Å². The topological polar surface area (TPSA) is 38.3 Å². The lowest BCUT2D eigenvalue weighted by atomic mass is 10.2. The van der Waals surface area contributed by atoms with Crippen LogP contribution >= 0.6 is 0 Å². The second-order valence-corrected chi connectivity index (χ2v) is 4.15. The van der Waals surface area contributed by atoms with Gasteiger partial charge in [-0.3, -0.25) is 9.63 Å². The van der Waals surface area contributed by atoms with Crippen molar-refractivity contribution >= 4 is 5.91 Å². The molecule has 0 aliphatic rings. The molecule has 0 saturated carbocycles. The Bertz CT molecular complexity index is 210. The summed E-state index contributed by atoms with van der Waals surface area (Å²) in [6.07, 6.45) is 7.98. The second kappa shape index (κ2) is 6.44. The third-order valence-corrected chi connectivity index (χ3v) is 1.45. The van der Waals surface area contributed by atoms with E-state index in [1.807, 2.05) is 20.8 Å². The largest absolute Gasteiger partial charge is 0.273 e. The number of carbonyl (C=O) groups is 1.